The quantitative estimate of drug-likeness (QED) is 0.707. The summed E-state index contributed by atoms with van der Waals surface area (Å²) in [5.41, 5.74) is 0. The summed E-state index contributed by atoms with van der Waals surface area (Å²) >= 11 is 5.39. The third-order valence-electron chi connectivity index (χ3n) is 1.23. The van der Waals surface area contributed by atoms with Gasteiger partial charge in [0.15, 0.2) is 12.2 Å². The molecule has 0 aliphatic carbocycles. The van der Waals surface area contributed by atoms with Crippen LogP contribution >= 0.6 is 31.9 Å². The molecule has 0 aliphatic rings. The highest BCUT2D eigenvalue weighted by molar-refractivity contribution is 9.18. The SMILES string of the molecule is COC(C(=O)Br)C(OC)C(=O)Br. The Balaban J connectivity index is 4.44. The highest BCUT2D eigenvalue weighted by Crippen LogP contribution is 2.11. The first-order chi connectivity index (χ1) is 5.54. The molecule has 0 spiro atoms. The van der Waals surface area contributed by atoms with Crippen LogP contribution in [-0.4, -0.2) is 35.8 Å². The molecule has 0 saturated heterocycles. The molecular weight excluding hydrogens is 296 g/mol. The summed E-state index contributed by atoms with van der Waals surface area (Å²) in [7, 11) is 2.65. The van der Waals surface area contributed by atoms with Crippen LogP contribution in [0.2, 0.25) is 0 Å². The maximum absolute atomic E-state index is 10.8. The van der Waals surface area contributed by atoms with Crippen molar-refractivity contribution in [3.05, 3.63) is 0 Å². The summed E-state index contributed by atoms with van der Waals surface area (Å²) in [5, 5.41) is 0. The van der Waals surface area contributed by atoms with E-state index in [0.717, 1.165) is 0 Å². The summed E-state index contributed by atoms with van der Waals surface area (Å²) in [5.74, 6) is 0. The van der Waals surface area contributed by atoms with Crippen molar-refractivity contribution in [1.82, 2.24) is 0 Å². The van der Waals surface area contributed by atoms with Crippen LogP contribution in [0.5, 0.6) is 0 Å². The molecule has 70 valence electrons. The molecule has 0 aromatic rings. The van der Waals surface area contributed by atoms with Crippen molar-refractivity contribution in [2.24, 2.45) is 0 Å². The minimum atomic E-state index is -0.915. The number of methoxy groups -OCH3 is 2. The lowest BCUT2D eigenvalue weighted by Gasteiger charge is -2.17. The topological polar surface area (TPSA) is 52.6 Å². The van der Waals surface area contributed by atoms with Crippen LogP contribution in [-0.2, 0) is 19.1 Å². The number of carbonyl (C=O) groups excluding carboxylic acids is 2. The van der Waals surface area contributed by atoms with Gasteiger partial charge < -0.3 is 9.47 Å². The molecule has 0 amide bonds. The second kappa shape index (κ2) is 5.80. The molecule has 2 unspecified atom stereocenters. The Labute approximate surface area is 86.8 Å². The van der Waals surface area contributed by atoms with Gasteiger partial charge in [0.1, 0.15) is 0 Å². The Morgan fingerprint density at radius 3 is 1.33 bits per heavy atom. The smallest absolute Gasteiger partial charge is 0.229 e. The van der Waals surface area contributed by atoms with Crippen LogP contribution in [0.3, 0.4) is 0 Å². The lowest BCUT2D eigenvalue weighted by Crippen LogP contribution is -2.38. The van der Waals surface area contributed by atoms with Crippen LogP contribution in [0.15, 0.2) is 0 Å². The van der Waals surface area contributed by atoms with Gasteiger partial charge in [0.2, 0.25) is 9.39 Å². The molecule has 6 heteroatoms. The molecule has 0 bridgehead atoms. The van der Waals surface area contributed by atoms with E-state index in [1.165, 1.54) is 14.2 Å². The Morgan fingerprint density at radius 1 is 1.00 bits per heavy atom. The minimum absolute atomic E-state index is 0.426. The molecule has 0 aromatic carbocycles. The van der Waals surface area contributed by atoms with Crippen LogP contribution < -0.4 is 0 Å². The summed E-state index contributed by atoms with van der Waals surface area (Å²) in [4.78, 5) is 21.6. The van der Waals surface area contributed by atoms with Gasteiger partial charge in [0.05, 0.1) is 0 Å². The summed E-state index contributed by atoms with van der Waals surface area (Å²) in [6.07, 6.45) is -1.83. The number of rotatable bonds is 5. The molecule has 0 aliphatic heterocycles. The predicted molar refractivity (Wildman–Crippen MR) is 49.5 cm³/mol. The van der Waals surface area contributed by atoms with Crippen molar-refractivity contribution in [3.8, 4) is 0 Å². The largest absolute Gasteiger partial charge is 0.369 e. The first-order valence-electron chi connectivity index (χ1n) is 2.98. The Hall–Kier alpha value is 0.220. The minimum Gasteiger partial charge on any atom is -0.369 e. The van der Waals surface area contributed by atoms with Crippen molar-refractivity contribution in [2.45, 2.75) is 12.2 Å². The van der Waals surface area contributed by atoms with Crippen molar-refractivity contribution in [3.63, 3.8) is 0 Å². The zero-order chi connectivity index (χ0) is 9.72. The summed E-state index contributed by atoms with van der Waals surface area (Å²) in [6, 6.07) is 0. The average Bonchev–Trinajstić information content (AvgIpc) is 1.98. The second-order valence-electron chi connectivity index (χ2n) is 1.92. The van der Waals surface area contributed by atoms with E-state index in [0.29, 0.717) is 0 Å². The molecule has 4 nitrogen and oxygen atoms in total. The Kier molecular flexibility index (Phi) is 5.90. The van der Waals surface area contributed by atoms with Crippen LogP contribution in [0, 0.1) is 0 Å². The highest BCUT2D eigenvalue weighted by Gasteiger charge is 2.31. The van der Waals surface area contributed by atoms with Crippen LogP contribution in [0.25, 0.3) is 0 Å². The number of hydrogen-bond donors (Lipinski definition) is 0. The second-order valence-corrected chi connectivity index (χ2v) is 3.48. The molecule has 0 fully saturated rings. The van der Waals surface area contributed by atoms with Gasteiger partial charge in [-0.3, -0.25) is 9.59 Å². The number of ether oxygens (including phenoxy) is 2. The fourth-order valence-electron chi connectivity index (χ4n) is 0.671. The summed E-state index contributed by atoms with van der Waals surface area (Å²) < 4.78 is 8.66. The van der Waals surface area contributed by atoms with Gasteiger partial charge in [0, 0.05) is 14.2 Å². The normalized spacial score (nSPS) is 15.3. The van der Waals surface area contributed by atoms with Gasteiger partial charge >= 0.3 is 0 Å². The van der Waals surface area contributed by atoms with Crippen molar-refractivity contribution in [1.29, 1.82) is 0 Å². The van der Waals surface area contributed by atoms with Gasteiger partial charge in [-0.15, -0.1) is 0 Å². The first-order valence-corrected chi connectivity index (χ1v) is 4.57. The fourth-order valence-corrected chi connectivity index (χ4v) is 1.52. The molecular formula is C6H8Br2O4. The van der Waals surface area contributed by atoms with Crippen LogP contribution in [0.1, 0.15) is 0 Å². The van der Waals surface area contributed by atoms with E-state index in [4.69, 9.17) is 9.47 Å². The molecule has 0 saturated carbocycles. The Morgan fingerprint density at radius 2 is 1.25 bits per heavy atom. The van der Waals surface area contributed by atoms with Crippen molar-refractivity contribution in [2.75, 3.05) is 14.2 Å². The van der Waals surface area contributed by atoms with E-state index in [1.807, 2.05) is 0 Å². The van der Waals surface area contributed by atoms with Gasteiger partial charge in [-0.05, 0) is 31.9 Å². The third kappa shape index (κ3) is 3.30. The van der Waals surface area contributed by atoms with Gasteiger partial charge in [0.25, 0.3) is 0 Å². The lowest BCUT2D eigenvalue weighted by atomic mass is 10.2. The number of halogens is 2. The number of hydrogen-bond acceptors (Lipinski definition) is 4. The molecule has 0 N–H and O–H groups in total. The number of carbonyl (C=O) groups is 2. The van der Waals surface area contributed by atoms with Crippen molar-refractivity contribution < 1.29 is 19.1 Å². The van der Waals surface area contributed by atoms with Crippen LogP contribution in [0.4, 0.5) is 0 Å². The van der Waals surface area contributed by atoms with E-state index in [-0.39, 0.29) is 0 Å². The van der Waals surface area contributed by atoms with Gasteiger partial charge in [-0.1, -0.05) is 0 Å². The first kappa shape index (κ1) is 12.2. The van der Waals surface area contributed by atoms with E-state index in [1.54, 1.807) is 0 Å². The summed E-state index contributed by atoms with van der Waals surface area (Å²) in [6.45, 7) is 0. The standard InChI is InChI=1S/C6H8Br2O4/c1-11-3(5(7)9)4(12-2)6(8)10/h3-4H,1-2H3. The van der Waals surface area contributed by atoms with E-state index >= 15 is 0 Å². The maximum atomic E-state index is 10.8. The van der Waals surface area contributed by atoms with E-state index in [2.05, 4.69) is 31.9 Å². The molecule has 0 heterocycles. The van der Waals surface area contributed by atoms with Crippen molar-refractivity contribution >= 4 is 41.2 Å². The Bertz CT molecular complexity index is 162. The molecule has 0 radical (unpaired) electrons. The van der Waals surface area contributed by atoms with Gasteiger partial charge in [-0.2, -0.15) is 0 Å². The fraction of sp³-hybridized carbons (Fsp3) is 0.667. The zero-order valence-corrected chi connectivity index (χ0v) is 9.72. The van der Waals surface area contributed by atoms with Gasteiger partial charge in [-0.25, -0.2) is 0 Å². The highest BCUT2D eigenvalue weighted by atomic mass is 79.9. The van der Waals surface area contributed by atoms with E-state index in [9.17, 15) is 9.59 Å². The molecule has 12 heavy (non-hydrogen) atoms. The molecule has 0 rings (SSSR count). The zero-order valence-electron chi connectivity index (χ0n) is 6.54. The monoisotopic (exact) mass is 302 g/mol. The average molecular weight is 304 g/mol. The maximum Gasteiger partial charge on any atom is 0.229 e. The lowest BCUT2D eigenvalue weighted by molar-refractivity contribution is -0.137. The third-order valence-corrected chi connectivity index (χ3v) is 2.13. The van der Waals surface area contributed by atoms with E-state index < -0.39 is 21.6 Å². The predicted octanol–water partition coefficient (Wildman–Crippen LogP) is 0.859. The molecule has 0 aromatic heterocycles. The molecule has 2 atom stereocenters.